The van der Waals surface area contributed by atoms with E-state index in [0.29, 0.717) is 26.3 Å². The van der Waals surface area contributed by atoms with Crippen molar-refractivity contribution < 1.29 is 14.3 Å². The molecule has 1 rings (SSSR count). The van der Waals surface area contributed by atoms with Crippen LogP contribution < -0.4 is 11.1 Å². The molecule has 0 radical (unpaired) electrons. The largest absolute Gasteiger partial charge is 0.379 e. The van der Waals surface area contributed by atoms with Crippen LogP contribution in [-0.4, -0.2) is 44.9 Å². The Bertz CT molecular complexity index is 261. The first kappa shape index (κ1) is 16.4. The van der Waals surface area contributed by atoms with Crippen molar-refractivity contribution in [1.82, 2.24) is 5.32 Å². The van der Waals surface area contributed by atoms with Gasteiger partial charge in [0.25, 0.3) is 0 Å². The number of rotatable bonds is 9. The highest BCUT2D eigenvalue weighted by molar-refractivity contribution is 5.82. The van der Waals surface area contributed by atoms with Gasteiger partial charge in [0, 0.05) is 26.3 Å². The summed E-state index contributed by atoms with van der Waals surface area (Å²) >= 11 is 0. The Morgan fingerprint density at radius 2 is 2.37 bits per heavy atom. The Morgan fingerprint density at radius 3 is 2.95 bits per heavy atom. The number of ether oxygens (including phenoxy) is 2. The van der Waals surface area contributed by atoms with Crippen LogP contribution in [0.3, 0.4) is 0 Å². The number of amides is 1. The van der Waals surface area contributed by atoms with Crippen molar-refractivity contribution in [2.24, 2.45) is 11.1 Å². The molecule has 5 nitrogen and oxygen atoms in total. The second-order valence-electron chi connectivity index (χ2n) is 5.44. The fourth-order valence-corrected chi connectivity index (χ4v) is 1.98. The van der Waals surface area contributed by atoms with Crippen molar-refractivity contribution in [3.63, 3.8) is 0 Å². The van der Waals surface area contributed by atoms with Crippen molar-refractivity contribution in [1.29, 1.82) is 0 Å². The summed E-state index contributed by atoms with van der Waals surface area (Å²) < 4.78 is 11.0. The molecule has 0 spiro atoms. The fourth-order valence-electron chi connectivity index (χ4n) is 1.98. The van der Waals surface area contributed by atoms with Crippen molar-refractivity contribution >= 4 is 5.91 Å². The Hall–Kier alpha value is -0.650. The summed E-state index contributed by atoms with van der Waals surface area (Å²) in [6, 6.07) is 0. The van der Waals surface area contributed by atoms with E-state index < -0.39 is 5.41 Å². The lowest BCUT2D eigenvalue weighted by atomic mass is 9.87. The van der Waals surface area contributed by atoms with Crippen LogP contribution in [0.25, 0.3) is 0 Å². The zero-order valence-corrected chi connectivity index (χ0v) is 12.2. The number of nitrogens with one attached hydrogen (secondary N) is 1. The van der Waals surface area contributed by atoms with Crippen molar-refractivity contribution in [2.45, 2.75) is 45.6 Å². The van der Waals surface area contributed by atoms with Gasteiger partial charge in [-0.3, -0.25) is 4.79 Å². The van der Waals surface area contributed by atoms with Gasteiger partial charge in [-0.1, -0.05) is 6.92 Å². The first-order valence-corrected chi connectivity index (χ1v) is 7.30. The molecule has 0 aromatic heterocycles. The predicted molar refractivity (Wildman–Crippen MR) is 74.9 cm³/mol. The number of carbonyl (C=O) groups excluding carboxylic acids is 1. The molecule has 1 aliphatic heterocycles. The minimum atomic E-state index is -0.446. The van der Waals surface area contributed by atoms with E-state index in [9.17, 15) is 4.79 Å². The van der Waals surface area contributed by atoms with Crippen LogP contribution in [-0.2, 0) is 14.3 Å². The molecule has 19 heavy (non-hydrogen) atoms. The second kappa shape index (κ2) is 8.51. The lowest BCUT2D eigenvalue weighted by Gasteiger charge is -2.24. The van der Waals surface area contributed by atoms with Gasteiger partial charge >= 0.3 is 0 Å². The lowest BCUT2D eigenvalue weighted by molar-refractivity contribution is -0.129. The first-order chi connectivity index (χ1) is 9.12. The highest BCUT2D eigenvalue weighted by atomic mass is 16.5. The number of hydrogen-bond donors (Lipinski definition) is 2. The van der Waals surface area contributed by atoms with Crippen LogP contribution in [0.2, 0.25) is 0 Å². The Labute approximate surface area is 116 Å². The molecule has 2 unspecified atom stereocenters. The number of hydrogen-bond acceptors (Lipinski definition) is 4. The molecule has 0 aromatic rings. The summed E-state index contributed by atoms with van der Waals surface area (Å²) in [5, 5.41) is 2.92. The van der Waals surface area contributed by atoms with Crippen LogP contribution in [0.1, 0.15) is 39.5 Å². The zero-order valence-electron chi connectivity index (χ0n) is 12.2. The topological polar surface area (TPSA) is 73.6 Å². The quantitative estimate of drug-likeness (QED) is 0.616. The van der Waals surface area contributed by atoms with E-state index in [1.807, 2.05) is 13.8 Å². The number of carbonyl (C=O) groups is 1. The van der Waals surface area contributed by atoms with Crippen molar-refractivity contribution in [2.75, 3.05) is 32.9 Å². The minimum Gasteiger partial charge on any atom is -0.379 e. The summed E-state index contributed by atoms with van der Waals surface area (Å²) in [7, 11) is 0. The molecule has 0 aromatic carbocycles. The maximum absolute atomic E-state index is 11.9. The maximum atomic E-state index is 11.9. The van der Waals surface area contributed by atoms with Gasteiger partial charge in [0.05, 0.1) is 18.1 Å². The highest BCUT2D eigenvalue weighted by Crippen LogP contribution is 2.18. The summed E-state index contributed by atoms with van der Waals surface area (Å²) in [5.41, 5.74) is 5.19. The average Bonchev–Trinajstić information content (AvgIpc) is 2.94. The molecule has 112 valence electrons. The van der Waals surface area contributed by atoms with Crippen molar-refractivity contribution in [3.05, 3.63) is 0 Å². The molecular weight excluding hydrogens is 244 g/mol. The van der Waals surface area contributed by atoms with Crippen LogP contribution in [0.5, 0.6) is 0 Å². The molecule has 1 saturated heterocycles. The molecule has 1 fully saturated rings. The number of nitrogens with two attached hydrogens (primary N) is 1. The Kier molecular flexibility index (Phi) is 7.34. The minimum absolute atomic E-state index is 0.0385. The molecule has 3 N–H and O–H groups in total. The van der Waals surface area contributed by atoms with Crippen LogP contribution in [0.15, 0.2) is 0 Å². The van der Waals surface area contributed by atoms with Gasteiger partial charge in [-0.15, -0.1) is 0 Å². The zero-order chi connectivity index (χ0) is 14.1. The smallest absolute Gasteiger partial charge is 0.227 e. The standard InChI is InChI=1S/C14H28N2O3/c1-3-14(2,11-15)13(17)16-7-5-8-18-10-12-6-4-9-19-12/h12H,3-11,15H2,1-2H3,(H,16,17). The van der Waals surface area contributed by atoms with Crippen LogP contribution in [0.4, 0.5) is 0 Å². The molecule has 0 bridgehead atoms. The van der Waals surface area contributed by atoms with E-state index in [1.54, 1.807) is 0 Å². The summed E-state index contributed by atoms with van der Waals surface area (Å²) in [4.78, 5) is 11.9. The molecule has 1 aliphatic rings. The van der Waals surface area contributed by atoms with E-state index in [-0.39, 0.29) is 12.0 Å². The van der Waals surface area contributed by atoms with E-state index in [2.05, 4.69) is 5.32 Å². The molecule has 5 heteroatoms. The average molecular weight is 272 g/mol. The maximum Gasteiger partial charge on any atom is 0.227 e. The summed E-state index contributed by atoms with van der Waals surface area (Å²) in [6.45, 7) is 7.09. The molecule has 0 aliphatic carbocycles. The second-order valence-corrected chi connectivity index (χ2v) is 5.44. The third-order valence-electron chi connectivity index (χ3n) is 3.86. The fraction of sp³-hybridized carbons (Fsp3) is 0.929. The van der Waals surface area contributed by atoms with Gasteiger partial charge in [0.1, 0.15) is 0 Å². The summed E-state index contributed by atoms with van der Waals surface area (Å²) in [6.07, 6.45) is 4.09. The van der Waals surface area contributed by atoms with Crippen LogP contribution in [0, 0.1) is 5.41 Å². The van der Waals surface area contributed by atoms with Gasteiger partial charge < -0.3 is 20.5 Å². The van der Waals surface area contributed by atoms with E-state index >= 15 is 0 Å². The van der Waals surface area contributed by atoms with Gasteiger partial charge in [-0.2, -0.15) is 0 Å². The Morgan fingerprint density at radius 1 is 1.58 bits per heavy atom. The van der Waals surface area contributed by atoms with E-state index in [0.717, 1.165) is 32.3 Å². The van der Waals surface area contributed by atoms with E-state index in [4.69, 9.17) is 15.2 Å². The van der Waals surface area contributed by atoms with E-state index in [1.165, 1.54) is 0 Å². The van der Waals surface area contributed by atoms with Gasteiger partial charge in [0.15, 0.2) is 0 Å². The predicted octanol–water partition coefficient (Wildman–Crippen LogP) is 1.06. The van der Waals surface area contributed by atoms with Gasteiger partial charge in [0.2, 0.25) is 5.91 Å². The SMILES string of the molecule is CCC(C)(CN)C(=O)NCCCOCC1CCCO1. The molecule has 0 saturated carbocycles. The van der Waals surface area contributed by atoms with Crippen LogP contribution >= 0.6 is 0 Å². The highest BCUT2D eigenvalue weighted by Gasteiger charge is 2.28. The normalized spacial score (nSPS) is 22.2. The Balaban J connectivity index is 2.02. The lowest BCUT2D eigenvalue weighted by Crippen LogP contribution is -2.43. The van der Waals surface area contributed by atoms with Crippen molar-refractivity contribution in [3.8, 4) is 0 Å². The monoisotopic (exact) mass is 272 g/mol. The molecule has 1 amide bonds. The molecule has 1 heterocycles. The third kappa shape index (κ3) is 5.47. The molecule has 2 atom stereocenters. The molecular formula is C14H28N2O3. The van der Waals surface area contributed by atoms with Gasteiger partial charge in [-0.25, -0.2) is 0 Å². The summed E-state index contributed by atoms with van der Waals surface area (Å²) in [5.74, 6) is 0.0385. The first-order valence-electron chi connectivity index (χ1n) is 7.30. The third-order valence-corrected chi connectivity index (χ3v) is 3.86. The van der Waals surface area contributed by atoms with Gasteiger partial charge in [-0.05, 0) is 32.6 Å².